The summed E-state index contributed by atoms with van der Waals surface area (Å²) in [6, 6.07) is 10.8. The van der Waals surface area contributed by atoms with Gasteiger partial charge < -0.3 is 14.0 Å². The molecule has 1 aromatic heterocycles. The highest BCUT2D eigenvalue weighted by Gasteiger charge is 2.15. The van der Waals surface area contributed by atoms with E-state index in [9.17, 15) is 4.79 Å². The lowest BCUT2D eigenvalue weighted by Gasteiger charge is -2.18. The van der Waals surface area contributed by atoms with Gasteiger partial charge in [-0.1, -0.05) is 35.1 Å². The van der Waals surface area contributed by atoms with Crippen molar-refractivity contribution in [2.45, 2.75) is 6.54 Å². The number of carbonyl (C=O) groups is 1. The van der Waals surface area contributed by atoms with Crippen molar-refractivity contribution in [2.24, 2.45) is 4.99 Å². The Kier molecular flexibility index (Phi) is 4.53. The summed E-state index contributed by atoms with van der Waals surface area (Å²) in [5.41, 5.74) is 1.30. The molecule has 3 aromatic rings. The van der Waals surface area contributed by atoms with Crippen LogP contribution in [-0.2, 0) is 6.54 Å². The normalized spacial score (nSPS) is 13.8. The van der Waals surface area contributed by atoms with Crippen molar-refractivity contribution in [3.8, 4) is 11.5 Å². The molecule has 26 heavy (non-hydrogen) atoms. The minimum atomic E-state index is -0.345. The molecule has 0 aliphatic carbocycles. The number of allylic oxidation sites excluding steroid dienone is 1. The average Bonchev–Trinajstić information content (AvgIpc) is 3.00. The van der Waals surface area contributed by atoms with Gasteiger partial charge in [-0.05, 0) is 30.3 Å². The van der Waals surface area contributed by atoms with Gasteiger partial charge in [0.2, 0.25) is 0 Å². The lowest BCUT2D eigenvalue weighted by molar-refractivity contribution is 0.0996. The third-order valence-corrected chi connectivity index (χ3v) is 5.30. The summed E-state index contributed by atoms with van der Waals surface area (Å²) in [7, 11) is 0. The van der Waals surface area contributed by atoms with Crippen LogP contribution in [0, 0.1) is 0 Å². The van der Waals surface area contributed by atoms with Crippen LogP contribution in [0.5, 0.6) is 11.5 Å². The van der Waals surface area contributed by atoms with Crippen LogP contribution in [0.15, 0.2) is 54.0 Å². The molecule has 4 rings (SSSR count). The number of amides is 1. The number of thiazole rings is 1. The van der Waals surface area contributed by atoms with E-state index in [1.165, 1.54) is 11.3 Å². The number of hydrogen-bond acceptors (Lipinski definition) is 4. The molecule has 0 saturated heterocycles. The molecule has 0 saturated carbocycles. The number of rotatable bonds is 3. The predicted molar refractivity (Wildman–Crippen MR) is 102 cm³/mol. The number of benzene rings is 2. The van der Waals surface area contributed by atoms with Gasteiger partial charge >= 0.3 is 0 Å². The lowest BCUT2D eigenvalue weighted by Crippen LogP contribution is -2.17. The number of nitrogens with zero attached hydrogens (tertiary/aromatic N) is 2. The van der Waals surface area contributed by atoms with E-state index in [2.05, 4.69) is 11.6 Å². The molecule has 0 spiro atoms. The molecule has 0 radical (unpaired) electrons. The second-order valence-corrected chi connectivity index (χ2v) is 7.06. The number of para-hydroxylation sites is 1. The molecule has 0 bridgehead atoms. The number of ether oxygens (including phenoxy) is 2. The molecular formula is C19H15ClN2O3S. The van der Waals surface area contributed by atoms with Crippen LogP contribution in [0.2, 0.25) is 5.02 Å². The Bertz CT molecular complexity index is 1080. The first kappa shape index (κ1) is 16.9. The first-order chi connectivity index (χ1) is 12.7. The number of hydrogen-bond donors (Lipinski definition) is 0. The zero-order valence-electron chi connectivity index (χ0n) is 13.8. The molecule has 0 fully saturated rings. The molecule has 2 aromatic carbocycles. The zero-order valence-corrected chi connectivity index (χ0v) is 15.3. The van der Waals surface area contributed by atoms with E-state index in [4.69, 9.17) is 21.1 Å². The second-order valence-electron chi connectivity index (χ2n) is 5.65. The summed E-state index contributed by atoms with van der Waals surface area (Å²) in [4.78, 5) is 17.6. The Morgan fingerprint density at radius 1 is 1.27 bits per heavy atom. The van der Waals surface area contributed by atoms with E-state index < -0.39 is 0 Å². The van der Waals surface area contributed by atoms with Crippen LogP contribution in [0.25, 0.3) is 10.2 Å². The molecule has 0 atom stereocenters. The summed E-state index contributed by atoms with van der Waals surface area (Å²) < 4.78 is 13.9. The van der Waals surface area contributed by atoms with Gasteiger partial charge in [-0.2, -0.15) is 4.99 Å². The second kappa shape index (κ2) is 6.97. The van der Waals surface area contributed by atoms with Crippen molar-refractivity contribution >= 4 is 39.1 Å². The van der Waals surface area contributed by atoms with E-state index >= 15 is 0 Å². The fourth-order valence-electron chi connectivity index (χ4n) is 2.80. The number of fused-ring (bicyclic) bond motifs is 2. The van der Waals surface area contributed by atoms with Gasteiger partial charge in [0.05, 0.1) is 15.2 Å². The Labute approximate surface area is 158 Å². The first-order valence-electron chi connectivity index (χ1n) is 8.05. The molecule has 1 aliphatic rings. The predicted octanol–water partition coefficient (Wildman–Crippen LogP) is 4.05. The van der Waals surface area contributed by atoms with Gasteiger partial charge in [0.15, 0.2) is 16.3 Å². The fraction of sp³-hybridized carbons (Fsp3) is 0.158. The van der Waals surface area contributed by atoms with Gasteiger partial charge in [0.25, 0.3) is 5.91 Å². The van der Waals surface area contributed by atoms with Crippen molar-refractivity contribution in [1.29, 1.82) is 0 Å². The highest BCUT2D eigenvalue weighted by Crippen LogP contribution is 2.31. The summed E-state index contributed by atoms with van der Waals surface area (Å²) in [6.45, 7) is 5.27. The van der Waals surface area contributed by atoms with Crippen LogP contribution in [0.1, 0.15) is 10.4 Å². The first-order valence-corrected chi connectivity index (χ1v) is 9.24. The van der Waals surface area contributed by atoms with E-state index in [-0.39, 0.29) is 5.91 Å². The minimum Gasteiger partial charge on any atom is -0.486 e. The largest absolute Gasteiger partial charge is 0.486 e. The van der Waals surface area contributed by atoms with E-state index in [1.54, 1.807) is 24.3 Å². The van der Waals surface area contributed by atoms with E-state index in [0.717, 1.165) is 10.2 Å². The summed E-state index contributed by atoms with van der Waals surface area (Å²) >= 11 is 7.76. The topological polar surface area (TPSA) is 52.8 Å². The maximum absolute atomic E-state index is 12.7. The fourth-order valence-corrected chi connectivity index (χ4v) is 4.20. The molecule has 7 heteroatoms. The number of aromatic nitrogens is 1. The standard InChI is InChI=1S/C19H15ClN2O3S/c1-2-8-22-17-13(20)4-3-5-16(17)26-19(22)21-18(23)12-6-7-14-15(11-12)25-10-9-24-14/h2-7,11H,1,8-10H2. The Morgan fingerprint density at radius 3 is 2.88 bits per heavy atom. The smallest absolute Gasteiger partial charge is 0.279 e. The van der Waals surface area contributed by atoms with Gasteiger partial charge in [0.1, 0.15) is 13.2 Å². The number of carbonyl (C=O) groups excluding carboxylic acids is 1. The highest BCUT2D eigenvalue weighted by atomic mass is 35.5. The Morgan fingerprint density at radius 2 is 2.08 bits per heavy atom. The van der Waals surface area contributed by atoms with Crippen LogP contribution in [0.4, 0.5) is 0 Å². The maximum atomic E-state index is 12.7. The van der Waals surface area contributed by atoms with Crippen molar-refractivity contribution in [1.82, 2.24) is 4.57 Å². The van der Waals surface area contributed by atoms with Gasteiger partial charge in [-0.3, -0.25) is 4.79 Å². The van der Waals surface area contributed by atoms with Gasteiger partial charge in [-0.15, -0.1) is 6.58 Å². The van der Waals surface area contributed by atoms with Crippen LogP contribution >= 0.6 is 22.9 Å². The molecular weight excluding hydrogens is 372 g/mol. The van der Waals surface area contributed by atoms with Crippen molar-refractivity contribution in [3.63, 3.8) is 0 Å². The third-order valence-electron chi connectivity index (χ3n) is 3.95. The lowest BCUT2D eigenvalue weighted by atomic mass is 10.2. The quantitative estimate of drug-likeness (QED) is 0.638. The molecule has 0 N–H and O–H groups in total. The molecule has 132 valence electrons. The summed E-state index contributed by atoms with van der Waals surface area (Å²) in [5, 5.41) is 0.619. The summed E-state index contributed by atoms with van der Waals surface area (Å²) in [6.07, 6.45) is 1.75. The van der Waals surface area contributed by atoms with Gasteiger partial charge in [0, 0.05) is 12.1 Å². The monoisotopic (exact) mass is 386 g/mol. The van der Waals surface area contributed by atoms with Crippen molar-refractivity contribution < 1.29 is 14.3 Å². The maximum Gasteiger partial charge on any atom is 0.279 e. The zero-order chi connectivity index (χ0) is 18.1. The highest BCUT2D eigenvalue weighted by molar-refractivity contribution is 7.16. The summed E-state index contributed by atoms with van der Waals surface area (Å²) in [5.74, 6) is 0.862. The molecule has 0 unspecified atom stereocenters. The Balaban J connectivity index is 1.80. The van der Waals surface area contributed by atoms with Crippen molar-refractivity contribution in [2.75, 3.05) is 13.2 Å². The molecule has 1 amide bonds. The minimum absolute atomic E-state index is 0.345. The van der Waals surface area contributed by atoms with E-state index in [0.29, 0.717) is 46.6 Å². The van der Waals surface area contributed by atoms with Crippen LogP contribution in [-0.4, -0.2) is 23.7 Å². The van der Waals surface area contributed by atoms with Gasteiger partial charge in [-0.25, -0.2) is 0 Å². The Hall–Kier alpha value is -2.57. The van der Waals surface area contributed by atoms with Crippen molar-refractivity contribution in [3.05, 3.63) is 64.4 Å². The molecule has 5 nitrogen and oxygen atoms in total. The SMILES string of the molecule is C=CCn1c(=NC(=O)c2ccc3c(c2)OCCO3)sc2cccc(Cl)c21. The van der Waals surface area contributed by atoms with E-state index in [1.807, 2.05) is 22.8 Å². The average molecular weight is 387 g/mol. The molecule has 1 aliphatic heterocycles. The third kappa shape index (κ3) is 3.02. The molecule has 2 heterocycles. The van der Waals surface area contributed by atoms with Crippen LogP contribution in [0.3, 0.4) is 0 Å². The number of halogens is 1. The van der Waals surface area contributed by atoms with Crippen LogP contribution < -0.4 is 14.3 Å².